The predicted octanol–water partition coefficient (Wildman–Crippen LogP) is 5.80. The molecule has 0 spiro atoms. The Morgan fingerprint density at radius 1 is 0.630 bits per heavy atom. The van der Waals surface area contributed by atoms with Crippen LogP contribution in [0.5, 0.6) is 0 Å². The zero-order valence-corrected chi connectivity index (χ0v) is 17.9. The topological polar surface area (TPSA) is 78.5 Å². The van der Waals surface area contributed by atoms with Crippen molar-refractivity contribution in [3.05, 3.63) is 30.6 Å². The van der Waals surface area contributed by atoms with Crippen LogP contribution in [0.15, 0.2) is 30.6 Å². The number of hydrogen-bond acceptors (Lipinski definition) is 2. The van der Waals surface area contributed by atoms with Crippen LogP contribution in [0.1, 0.15) is 96.8 Å². The fourth-order valence-electron chi connectivity index (χ4n) is 3.07. The summed E-state index contributed by atoms with van der Waals surface area (Å²) in [5.74, 6) is 0. The largest absolute Gasteiger partial charge is 0.394 e. The van der Waals surface area contributed by atoms with Crippen molar-refractivity contribution in [3.63, 3.8) is 0 Å². The molecule has 2 N–H and O–H groups in total. The van der Waals surface area contributed by atoms with E-state index in [4.69, 9.17) is 17.5 Å². The lowest BCUT2D eigenvalue weighted by molar-refractivity contribution is -0.697. The molecule has 1 rings (SSSR count). The van der Waals surface area contributed by atoms with Crippen molar-refractivity contribution in [1.82, 2.24) is 0 Å². The molecule has 0 saturated carbocycles. The first kappa shape index (κ1) is 26.0. The second-order valence-corrected chi connectivity index (χ2v) is 8.05. The lowest BCUT2D eigenvalue weighted by atomic mass is 10.0. The van der Waals surface area contributed by atoms with E-state index < -0.39 is 10.4 Å². The first-order valence-corrected chi connectivity index (χ1v) is 12.0. The average Bonchev–Trinajstić information content (AvgIpc) is 2.61. The van der Waals surface area contributed by atoms with Crippen LogP contribution >= 0.6 is 0 Å². The molecular formula is C21H40NO4S+. The highest BCUT2D eigenvalue weighted by Gasteiger charge is 1.98. The molecule has 1 heterocycles. The molecule has 0 aliphatic heterocycles. The summed E-state index contributed by atoms with van der Waals surface area (Å²) in [4.78, 5) is 0. The first-order chi connectivity index (χ1) is 12.9. The van der Waals surface area contributed by atoms with Gasteiger partial charge in [-0.25, -0.2) is 4.57 Å². The van der Waals surface area contributed by atoms with Crippen molar-refractivity contribution in [3.8, 4) is 0 Å². The molecule has 0 aromatic carbocycles. The maximum Gasteiger partial charge on any atom is 0.394 e. The number of unbranched alkanes of at least 4 members (excludes halogenated alkanes) is 13. The van der Waals surface area contributed by atoms with Crippen molar-refractivity contribution in [2.75, 3.05) is 0 Å². The summed E-state index contributed by atoms with van der Waals surface area (Å²) < 4.78 is 33.9. The quantitative estimate of drug-likeness (QED) is 0.221. The molecule has 1 aromatic rings. The van der Waals surface area contributed by atoms with Gasteiger partial charge >= 0.3 is 10.4 Å². The van der Waals surface area contributed by atoms with Crippen molar-refractivity contribution in [2.45, 2.75) is 103 Å². The molecule has 0 amide bonds. The molecule has 1 aromatic heterocycles. The van der Waals surface area contributed by atoms with Crippen LogP contribution in [0.2, 0.25) is 0 Å². The van der Waals surface area contributed by atoms with Crippen LogP contribution < -0.4 is 4.57 Å². The normalized spacial score (nSPS) is 11.1. The van der Waals surface area contributed by atoms with Gasteiger partial charge in [0.05, 0.1) is 0 Å². The Morgan fingerprint density at radius 3 is 1.33 bits per heavy atom. The van der Waals surface area contributed by atoms with Crippen LogP contribution in [0.3, 0.4) is 0 Å². The molecule has 0 atom stereocenters. The minimum atomic E-state index is -4.67. The molecular weight excluding hydrogens is 362 g/mol. The van der Waals surface area contributed by atoms with Crippen LogP contribution in [0, 0.1) is 0 Å². The average molecular weight is 403 g/mol. The highest BCUT2D eigenvalue weighted by atomic mass is 32.3. The van der Waals surface area contributed by atoms with Crippen molar-refractivity contribution in [2.24, 2.45) is 0 Å². The van der Waals surface area contributed by atoms with Gasteiger partial charge in [0, 0.05) is 18.6 Å². The minimum absolute atomic E-state index is 1.18. The molecule has 5 nitrogen and oxygen atoms in total. The second-order valence-electron chi connectivity index (χ2n) is 7.16. The van der Waals surface area contributed by atoms with Gasteiger partial charge in [-0.3, -0.25) is 9.11 Å². The van der Waals surface area contributed by atoms with Crippen molar-refractivity contribution < 1.29 is 22.1 Å². The first-order valence-electron chi connectivity index (χ1n) is 10.6. The molecule has 0 unspecified atom stereocenters. The summed E-state index contributed by atoms with van der Waals surface area (Å²) in [6.07, 6.45) is 24.4. The van der Waals surface area contributed by atoms with Gasteiger partial charge in [0.25, 0.3) is 0 Å². The Hall–Kier alpha value is -0.980. The van der Waals surface area contributed by atoms with E-state index in [0.717, 1.165) is 0 Å². The lowest BCUT2D eigenvalue weighted by Gasteiger charge is -2.02. The zero-order valence-electron chi connectivity index (χ0n) is 17.1. The van der Waals surface area contributed by atoms with Crippen LogP contribution in [-0.4, -0.2) is 17.5 Å². The Bertz CT molecular complexity index is 512. The van der Waals surface area contributed by atoms with Gasteiger partial charge < -0.3 is 0 Å². The summed E-state index contributed by atoms with van der Waals surface area (Å²) in [6.45, 7) is 3.47. The van der Waals surface area contributed by atoms with Gasteiger partial charge in [-0.15, -0.1) is 0 Å². The van der Waals surface area contributed by atoms with E-state index in [0.29, 0.717) is 0 Å². The number of pyridine rings is 1. The van der Waals surface area contributed by atoms with Gasteiger partial charge in [0.2, 0.25) is 0 Å². The van der Waals surface area contributed by atoms with E-state index in [1.807, 2.05) is 0 Å². The number of rotatable bonds is 15. The monoisotopic (exact) mass is 402 g/mol. The highest BCUT2D eigenvalue weighted by Crippen LogP contribution is 2.12. The SMILES string of the molecule is CCCCCCCCCCCCCCCC[n+]1ccccc1.O=S(=O)(O)O. The van der Waals surface area contributed by atoms with E-state index in [2.05, 4.69) is 42.1 Å². The summed E-state index contributed by atoms with van der Waals surface area (Å²) in [5.41, 5.74) is 0. The van der Waals surface area contributed by atoms with Crippen LogP contribution in [-0.2, 0) is 16.9 Å². The third kappa shape index (κ3) is 25.0. The summed E-state index contributed by atoms with van der Waals surface area (Å²) in [7, 11) is -4.67. The van der Waals surface area contributed by atoms with E-state index >= 15 is 0 Å². The van der Waals surface area contributed by atoms with Crippen molar-refractivity contribution >= 4 is 10.4 Å². The van der Waals surface area contributed by atoms with E-state index in [1.165, 1.54) is 96.4 Å². The van der Waals surface area contributed by atoms with E-state index in [-0.39, 0.29) is 0 Å². The molecule has 0 aliphatic carbocycles. The van der Waals surface area contributed by atoms with E-state index in [9.17, 15) is 0 Å². The van der Waals surface area contributed by atoms with Gasteiger partial charge in [0.1, 0.15) is 6.54 Å². The summed E-state index contributed by atoms with van der Waals surface area (Å²) in [6, 6.07) is 6.31. The third-order valence-electron chi connectivity index (χ3n) is 4.55. The summed E-state index contributed by atoms with van der Waals surface area (Å²) in [5, 5.41) is 0. The highest BCUT2D eigenvalue weighted by molar-refractivity contribution is 7.79. The minimum Gasteiger partial charge on any atom is -0.264 e. The standard InChI is InChI=1S/C21H38N.H2O4S/c1-2-3-4-5-6-7-8-9-10-11-12-13-14-16-19-22-20-17-15-18-21-22;1-5(2,3)4/h15,17-18,20-21H,2-14,16,19H2,1H3;(H2,1,2,3,4)/q+1;. The molecule has 158 valence electrons. The molecule has 0 bridgehead atoms. The molecule has 27 heavy (non-hydrogen) atoms. The van der Waals surface area contributed by atoms with Gasteiger partial charge in [0.15, 0.2) is 12.4 Å². The van der Waals surface area contributed by atoms with Gasteiger partial charge in [-0.2, -0.15) is 8.42 Å². The van der Waals surface area contributed by atoms with Crippen LogP contribution in [0.25, 0.3) is 0 Å². The molecule has 0 radical (unpaired) electrons. The fourth-order valence-corrected chi connectivity index (χ4v) is 3.07. The number of nitrogens with zero attached hydrogens (tertiary/aromatic N) is 1. The van der Waals surface area contributed by atoms with E-state index in [1.54, 1.807) is 0 Å². The molecule has 0 saturated heterocycles. The summed E-state index contributed by atoms with van der Waals surface area (Å²) >= 11 is 0. The maximum atomic E-state index is 8.74. The van der Waals surface area contributed by atoms with Gasteiger partial charge in [-0.05, 0) is 6.42 Å². The lowest BCUT2D eigenvalue weighted by Crippen LogP contribution is -2.32. The second kappa shape index (κ2) is 18.4. The third-order valence-corrected chi connectivity index (χ3v) is 4.55. The number of aromatic nitrogens is 1. The Labute approximate surface area is 166 Å². The van der Waals surface area contributed by atoms with Crippen LogP contribution in [0.4, 0.5) is 0 Å². The Kier molecular flexibility index (Phi) is 17.7. The fraction of sp³-hybridized carbons (Fsp3) is 0.762. The Morgan fingerprint density at radius 2 is 0.963 bits per heavy atom. The van der Waals surface area contributed by atoms with Gasteiger partial charge in [-0.1, -0.05) is 90.0 Å². The smallest absolute Gasteiger partial charge is 0.264 e. The zero-order chi connectivity index (χ0) is 20.2. The molecule has 6 heteroatoms. The predicted molar refractivity (Wildman–Crippen MR) is 111 cm³/mol. The maximum absolute atomic E-state index is 8.74. The Balaban J connectivity index is 0.00000119. The number of aryl methyl sites for hydroxylation is 1. The van der Waals surface area contributed by atoms with Crippen molar-refractivity contribution in [1.29, 1.82) is 0 Å². The molecule has 0 aliphatic rings. The number of hydrogen-bond donors (Lipinski definition) is 2. The molecule has 0 fully saturated rings.